The molecule has 0 aromatic heterocycles. The summed E-state index contributed by atoms with van der Waals surface area (Å²) in [5.74, 6) is 1.18. The lowest BCUT2D eigenvalue weighted by Crippen LogP contribution is -2.44. The number of nitrogens with one attached hydrogen (secondary N) is 1. The lowest BCUT2D eigenvalue weighted by atomic mass is 9.97. The Morgan fingerprint density at radius 3 is 2.53 bits per heavy atom. The molecule has 15 heavy (non-hydrogen) atoms. The van der Waals surface area contributed by atoms with Gasteiger partial charge < -0.3 is 10.2 Å². The topological polar surface area (TPSA) is 32.3 Å². The van der Waals surface area contributed by atoms with E-state index in [1.807, 2.05) is 0 Å². The maximum absolute atomic E-state index is 11.8. The van der Waals surface area contributed by atoms with Crippen LogP contribution in [0.15, 0.2) is 0 Å². The van der Waals surface area contributed by atoms with Crippen LogP contribution in [0.1, 0.15) is 39.0 Å². The van der Waals surface area contributed by atoms with Gasteiger partial charge in [0.25, 0.3) is 0 Å². The second-order valence-corrected chi connectivity index (χ2v) is 5.04. The molecule has 2 fully saturated rings. The van der Waals surface area contributed by atoms with Gasteiger partial charge in [0.2, 0.25) is 5.91 Å². The summed E-state index contributed by atoms with van der Waals surface area (Å²) in [6.45, 7) is 5.39. The number of nitrogens with zero attached hydrogens (tertiary/aromatic N) is 1. The van der Waals surface area contributed by atoms with Crippen LogP contribution in [0, 0.1) is 5.92 Å². The van der Waals surface area contributed by atoms with Crippen molar-refractivity contribution in [2.75, 3.05) is 19.6 Å². The van der Waals surface area contributed by atoms with E-state index in [0.717, 1.165) is 38.4 Å². The van der Waals surface area contributed by atoms with Gasteiger partial charge in [0.1, 0.15) is 0 Å². The SMILES string of the molecule is CC1CCN(C(=O)CCC2CCN2)CC1. The van der Waals surface area contributed by atoms with Gasteiger partial charge in [-0.15, -0.1) is 0 Å². The van der Waals surface area contributed by atoms with Gasteiger partial charge in [-0.1, -0.05) is 6.92 Å². The number of carbonyl (C=O) groups excluding carboxylic acids is 1. The normalized spacial score (nSPS) is 27.5. The fraction of sp³-hybridized carbons (Fsp3) is 0.917. The van der Waals surface area contributed by atoms with Crippen LogP contribution in [0.25, 0.3) is 0 Å². The Morgan fingerprint density at radius 1 is 1.33 bits per heavy atom. The van der Waals surface area contributed by atoms with E-state index in [0.29, 0.717) is 11.9 Å². The molecule has 2 rings (SSSR count). The van der Waals surface area contributed by atoms with Crippen LogP contribution in [-0.2, 0) is 4.79 Å². The minimum Gasteiger partial charge on any atom is -0.343 e. The predicted molar refractivity (Wildman–Crippen MR) is 60.6 cm³/mol. The van der Waals surface area contributed by atoms with Crippen molar-refractivity contribution in [2.45, 2.75) is 45.1 Å². The van der Waals surface area contributed by atoms with E-state index in [1.165, 1.54) is 19.3 Å². The zero-order valence-corrected chi connectivity index (χ0v) is 9.67. The van der Waals surface area contributed by atoms with Gasteiger partial charge >= 0.3 is 0 Å². The van der Waals surface area contributed by atoms with Crippen LogP contribution in [-0.4, -0.2) is 36.5 Å². The third kappa shape index (κ3) is 2.94. The van der Waals surface area contributed by atoms with Crippen LogP contribution >= 0.6 is 0 Å². The Kier molecular flexibility index (Phi) is 3.62. The highest BCUT2D eigenvalue weighted by Gasteiger charge is 2.22. The molecule has 1 unspecified atom stereocenters. The molecule has 0 aromatic carbocycles. The highest BCUT2D eigenvalue weighted by molar-refractivity contribution is 5.76. The lowest BCUT2D eigenvalue weighted by Gasteiger charge is -2.32. The number of amides is 1. The van der Waals surface area contributed by atoms with Crippen LogP contribution < -0.4 is 5.32 Å². The first-order valence-electron chi connectivity index (χ1n) is 6.27. The number of likely N-dealkylation sites (tertiary alicyclic amines) is 1. The molecule has 2 aliphatic heterocycles. The van der Waals surface area contributed by atoms with E-state index in [1.54, 1.807) is 0 Å². The molecular formula is C12H22N2O. The van der Waals surface area contributed by atoms with Crippen molar-refractivity contribution in [3.05, 3.63) is 0 Å². The van der Waals surface area contributed by atoms with E-state index >= 15 is 0 Å². The molecule has 0 spiro atoms. The zero-order valence-electron chi connectivity index (χ0n) is 9.67. The fourth-order valence-electron chi connectivity index (χ4n) is 2.31. The summed E-state index contributed by atoms with van der Waals surface area (Å²) >= 11 is 0. The third-order valence-corrected chi connectivity index (χ3v) is 3.77. The first-order chi connectivity index (χ1) is 7.25. The molecule has 0 radical (unpaired) electrons. The summed E-state index contributed by atoms with van der Waals surface area (Å²) in [6, 6.07) is 0.623. The lowest BCUT2D eigenvalue weighted by molar-refractivity contribution is -0.132. The van der Waals surface area contributed by atoms with Crippen molar-refractivity contribution in [1.82, 2.24) is 10.2 Å². The van der Waals surface area contributed by atoms with Gasteiger partial charge in [-0.25, -0.2) is 0 Å². The number of hydrogen-bond acceptors (Lipinski definition) is 2. The molecule has 0 aromatic rings. The first-order valence-corrected chi connectivity index (χ1v) is 6.27. The van der Waals surface area contributed by atoms with Gasteiger partial charge in [-0.05, 0) is 38.1 Å². The second-order valence-electron chi connectivity index (χ2n) is 5.04. The van der Waals surface area contributed by atoms with Gasteiger partial charge in [0, 0.05) is 25.6 Å². The molecular weight excluding hydrogens is 188 g/mol. The van der Waals surface area contributed by atoms with Crippen LogP contribution in [0.2, 0.25) is 0 Å². The molecule has 0 aliphatic carbocycles. The zero-order chi connectivity index (χ0) is 10.7. The summed E-state index contributed by atoms with van der Waals surface area (Å²) < 4.78 is 0. The minimum absolute atomic E-state index is 0.371. The summed E-state index contributed by atoms with van der Waals surface area (Å²) in [5.41, 5.74) is 0. The van der Waals surface area contributed by atoms with Gasteiger partial charge in [0.05, 0.1) is 0 Å². The smallest absolute Gasteiger partial charge is 0.222 e. The van der Waals surface area contributed by atoms with Crippen molar-refractivity contribution in [2.24, 2.45) is 5.92 Å². The molecule has 2 aliphatic rings. The van der Waals surface area contributed by atoms with E-state index in [-0.39, 0.29) is 0 Å². The Hall–Kier alpha value is -0.570. The molecule has 86 valence electrons. The molecule has 1 amide bonds. The van der Waals surface area contributed by atoms with Crippen LogP contribution in [0.5, 0.6) is 0 Å². The number of rotatable bonds is 3. The molecule has 3 nitrogen and oxygen atoms in total. The van der Waals surface area contributed by atoms with Gasteiger partial charge in [-0.2, -0.15) is 0 Å². The summed E-state index contributed by atoms with van der Waals surface area (Å²) in [4.78, 5) is 13.9. The standard InChI is InChI=1S/C12H22N2O/c1-10-5-8-14(9-6-10)12(15)3-2-11-4-7-13-11/h10-11,13H,2-9H2,1H3. The first kappa shape index (κ1) is 10.9. The molecule has 1 N–H and O–H groups in total. The largest absolute Gasteiger partial charge is 0.343 e. The average molecular weight is 210 g/mol. The second kappa shape index (κ2) is 4.97. The average Bonchev–Trinajstić information content (AvgIpc) is 2.16. The maximum atomic E-state index is 11.8. The van der Waals surface area contributed by atoms with Crippen molar-refractivity contribution < 1.29 is 4.79 Å². The van der Waals surface area contributed by atoms with Gasteiger partial charge in [-0.3, -0.25) is 4.79 Å². The maximum Gasteiger partial charge on any atom is 0.222 e. The van der Waals surface area contributed by atoms with Crippen LogP contribution in [0.4, 0.5) is 0 Å². The monoisotopic (exact) mass is 210 g/mol. The molecule has 0 bridgehead atoms. The fourth-order valence-corrected chi connectivity index (χ4v) is 2.31. The third-order valence-electron chi connectivity index (χ3n) is 3.77. The Balaban J connectivity index is 1.66. The molecule has 2 saturated heterocycles. The predicted octanol–water partition coefficient (Wildman–Crippen LogP) is 1.39. The van der Waals surface area contributed by atoms with E-state index < -0.39 is 0 Å². The molecule has 0 saturated carbocycles. The molecule has 3 heteroatoms. The minimum atomic E-state index is 0.371. The van der Waals surface area contributed by atoms with Crippen molar-refractivity contribution in [3.8, 4) is 0 Å². The quantitative estimate of drug-likeness (QED) is 0.763. The Morgan fingerprint density at radius 2 is 2.00 bits per heavy atom. The van der Waals surface area contributed by atoms with Crippen molar-refractivity contribution in [3.63, 3.8) is 0 Å². The van der Waals surface area contributed by atoms with E-state index in [4.69, 9.17) is 0 Å². The van der Waals surface area contributed by atoms with Crippen molar-refractivity contribution >= 4 is 5.91 Å². The number of piperidine rings is 1. The summed E-state index contributed by atoms with van der Waals surface area (Å²) in [6.07, 6.45) is 5.40. The highest BCUT2D eigenvalue weighted by atomic mass is 16.2. The summed E-state index contributed by atoms with van der Waals surface area (Å²) in [5, 5.41) is 3.34. The number of hydrogen-bond donors (Lipinski definition) is 1. The number of carbonyl (C=O) groups is 1. The van der Waals surface area contributed by atoms with E-state index in [9.17, 15) is 4.79 Å². The Labute approximate surface area is 92.2 Å². The van der Waals surface area contributed by atoms with E-state index in [2.05, 4.69) is 17.1 Å². The molecule has 2 heterocycles. The summed E-state index contributed by atoms with van der Waals surface area (Å²) in [7, 11) is 0. The molecule has 1 atom stereocenters. The highest BCUT2D eigenvalue weighted by Crippen LogP contribution is 2.18. The van der Waals surface area contributed by atoms with Crippen molar-refractivity contribution in [1.29, 1.82) is 0 Å². The van der Waals surface area contributed by atoms with Crippen LogP contribution in [0.3, 0.4) is 0 Å². The Bertz CT molecular complexity index is 218. The van der Waals surface area contributed by atoms with Gasteiger partial charge in [0.15, 0.2) is 0 Å².